The third-order valence-electron chi connectivity index (χ3n) is 2.73. The number of nitrogens with zero attached hydrogens (tertiary/aromatic N) is 3. The molecule has 0 aliphatic rings. The van der Waals surface area contributed by atoms with E-state index in [0.717, 1.165) is 0 Å². The molecule has 0 fully saturated rings. The van der Waals surface area contributed by atoms with Gasteiger partial charge in [0, 0.05) is 0 Å². The quantitative estimate of drug-likeness (QED) is 0.821. The maximum atomic E-state index is 11.6. The van der Waals surface area contributed by atoms with Crippen molar-refractivity contribution in [3.05, 3.63) is 35.7 Å². The van der Waals surface area contributed by atoms with Crippen LogP contribution in [0, 0.1) is 0 Å². The maximum Gasteiger partial charge on any atom is 0.258 e. The van der Waals surface area contributed by atoms with E-state index < -0.39 is 0 Å². The molecule has 0 bridgehead atoms. The van der Waals surface area contributed by atoms with Gasteiger partial charge in [-0.2, -0.15) is 5.21 Å². The minimum Gasteiger partial charge on any atom is -0.484 e. The van der Waals surface area contributed by atoms with E-state index in [1.165, 1.54) is 5.56 Å². The fraction of sp³-hybridized carbons (Fsp3) is 0.385. The van der Waals surface area contributed by atoms with Crippen LogP contribution in [0.4, 0.5) is 0 Å². The summed E-state index contributed by atoms with van der Waals surface area (Å²) in [6.45, 7) is 4.40. The van der Waals surface area contributed by atoms with Crippen LogP contribution in [-0.2, 0) is 11.3 Å². The van der Waals surface area contributed by atoms with Crippen LogP contribution in [-0.4, -0.2) is 33.1 Å². The Morgan fingerprint density at radius 1 is 1.45 bits per heavy atom. The molecule has 106 valence electrons. The van der Waals surface area contributed by atoms with E-state index in [1.54, 1.807) is 0 Å². The molecular weight excluding hydrogens is 258 g/mol. The van der Waals surface area contributed by atoms with E-state index in [-0.39, 0.29) is 19.1 Å². The van der Waals surface area contributed by atoms with Crippen molar-refractivity contribution in [1.29, 1.82) is 0 Å². The van der Waals surface area contributed by atoms with E-state index in [1.807, 2.05) is 24.3 Å². The first-order valence-electron chi connectivity index (χ1n) is 6.37. The van der Waals surface area contributed by atoms with Gasteiger partial charge in [-0.3, -0.25) is 4.79 Å². The zero-order chi connectivity index (χ0) is 14.4. The van der Waals surface area contributed by atoms with Gasteiger partial charge in [-0.15, -0.1) is 10.2 Å². The zero-order valence-electron chi connectivity index (χ0n) is 11.5. The molecule has 0 aliphatic heterocycles. The Bertz CT molecular complexity index is 554. The highest BCUT2D eigenvalue weighted by Crippen LogP contribution is 2.19. The number of tetrazole rings is 1. The van der Waals surface area contributed by atoms with Crippen LogP contribution in [0.1, 0.15) is 31.2 Å². The molecule has 0 aliphatic carbocycles. The highest BCUT2D eigenvalue weighted by Gasteiger charge is 2.06. The highest BCUT2D eigenvalue weighted by atomic mass is 16.5. The fourth-order valence-electron chi connectivity index (χ4n) is 1.60. The Balaban J connectivity index is 1.79. The first-order valence-corrected chi connectivity index (χ1v) is 6.37. The predicted octanol–water partition coefficient (Wildman–Crippen LogP) is 1.02. The first kappa shape index (κ1) is 14.0. The van der Waals surface area contributed by atoms with Gasteiger partial charge >= 0.3 is 0 Å². The summed E-state index contributed by atoms with van der Waals surface area (Å²) in [5.74, 6) is 1.31. The van der Waals surface area contributed by atoms with Gasteiger partial charge in [0.2, 0.25) is 0 Å². The smallest absolute Gasteiger partial charge is 0.258 e. The summed E-state index contributed by atoms with van der Waals surface area (Å²) in [7, 11) is 0. The van der Waals surface area contributed by atoms with E-state index in [2.05, 4.69) is 39.8 Å². The summed E-state index contributed by atoms with van der Waals surface area (Å²) in [6.07, 6.45) is 0. The van der Waals surface area contributed by atoms with Crippen LogP contribution >= 0.6 is 0 Å². The number of benzene rings is 1. The summed E-state index contributed by atoms with van der Waals surface area (Å²) in [6, 6.07) is 7.73. The summed E-state index contributed by atoms with van der Waals surface area (Å²) >= 11 is 0. The third-order valence-corrected chi connectivity index (χ3v) is 2.73. The summed E-state index contributed by atoms with van der Waals surface area (Å²) in [4.78, 5) is 11.6. The van der Waals surface area contributed by atoms with Crippen LogP contribution in [0.15, 0.2) is 24.3 Å². The summed E-state index contributed by atoms with van der Waals surface area (Å²) in [5, 5.41) is 15.8. The highest BCUT2D eigenvalue weighted by molar-refractivity contribution is 5.77. The average molecular weight is 275 g/mol. The lowest BCUT2D eigenvalue weighted by molar-refractivity contribution is -0.123. The molecule has 0 saturated heterocycles. The molecule has 0 saturated carbocycles. The Morgan fingerprint density at radius 3 is 3.00 bits per heavy atom. The van der Waals surface area contributed by atoms with Crippen molar-refractivity contribution in [2.24, 2.45) is 0 Å². The number of carbonyl (C=O) groups is 1. The van der Waals surface area contributed by atoms with Crippen LogP contribution in [0.3, 0.4) is 0 Å². The molecule has 0 unspecified atom stereocenters. The van der Waals surface area contributed by atoms with Crippen molar-refractivity contribution in [2.45, 2.75) is 26.3 Å². The lowest BCUT2D eigenvalue weighted by Crippen LogP contribution is -2.28. The van der Waals surface area contributed by atoms with Gasteiger partial charge in [-0.05, 0) is 23.6 Å². The largest absolute Gasteiger partial charge is 0.484 e. The fourth-order valence-corrected chi connectivity index (χ4v) is 1.60. The lowest BCUT2D eigenvalue weighted by Gasteiger charge is -2.09. The van der Waals surface area contributed by atoms with Crippen molar-refractivity contribution < 1.29 is 9.53 Å². The number of carbonyl (C=O) groups excluding carboxylic acids is 1. The number of aromatic nitrogens is 4. The molecule has 2 rings (SSSR count). The second-order valence-electron chi connectivity index (χ2n) is 4.62. The SMILES string of the molecule is CC(C)c1cccc(OCC(=O)NCc2nn[nH]n2)c1. The molecule has 0 atom stereocenters. The summed E-state index contributed by atoms with van der Waals surface area (Å²) in [5.41, 5.74) is 1.18. The molecule has 7 heteroatoms. The molecule has 1 aromatic carbocycles. The molecule has 1 amide bonds. The number of aromatic amines is 1. The number of ether oxygens (including phenoxy) is 1. The van der Waals surface area contributed by atoms with Gasteiger partial charge < -0.3 is 10.1 Å². The average Bonchev–Trinajstić information content (AvgIpc) is 2.96. The van der Waals surface area contributed by atoms with E-state index in [0.29, 0.717) is 17.5 Å². The number of hydrogen-bond acceptors (Lipinski definition) is 5. The van der Waals surface area contributed by atoms with Gasteiger partial charge in [0.15, 0.2) is 12.4 Å². The molecule has 0 spiro atoms. The Hall–Kier alpha value is -2.44. The van der Waals surface area contributed by atoms with Crippen molar-refractivity contribution >= 4 is 5.91 Å². The zero-order valence-corrected chi connectivity index (χ0v) is 11.5. The molecule has 7 nitrogen and oxygen atoms in total. The van der Waals surface area contributed by atoms with Crippen LogP contribution < -0.4 is 10.1 Å². The maximum absolute atomic E-state index is 11.6. The Labute approximate surface area is 116 Å². The van der Waals surface area contributed by atoms with E-state index in [9.17, 15) is 4.79 Å². The molecular formula is C13H17N5O2. The monoisotopic (exact) mass is 275 g/mol. The minimum absolute atomic E-state index is 0.0423. The number of rotatable bonds is 6. The second kappa shape index (κ2) is 6.65. The van der Waals surface area contributed by atoms with Crippen molar-refractivity contribution in [1.82, 2.24) is 25.9 Å². The predicted molar refractivity (Wildman–Crippen MR) is 72.1 cm³/mol. The van der Waals surface area contributed by atoms with Crippen LogP contribution in [0.5, 0.6) is 5.75 Å². The third kappa shape index (κ3) is 4.04. The number of hydrogen-bond donors (Lipinski definition) is 2. The Morgan fingerprint density at radius 2 is 2.30 bits per heavy atom. The first-order chi connectivity index (χ1) is 9.65. The van der Waals surface area contributed by atoms with Crippen LogP contribution in [0.25, 0.3) is 0 Å². The molecule has 20 heavy (non-hydrogen) atoms. The lowest BCUT2D eigenvalue weighted by atomic mass is 10.0. The van der Waals surface area contributed by atoms with Gasteiger partial charge in [-0.1, -0.05) is 31.2 Å². The van der Waals surface area contributed by atoms with E-state index >= 15 is 0 Å². The number of H-pyrrole nitrogens is 1. The number of amides is 1. The van der Waals surface area contributed by atoms with Gasteiger partial charge in [0.25, 0.3) is 5.91 Å². The molecule has 1 aromatic heterocycles. The van der Waals surface area contributed by atoms with Crippen LogP contribution in [0.2, 0.25) is 0 Å². The van der Waals surface area contributed by atoms with Gasteiger partial charge in [0.05, 0.1) is 6.54 Å². The van der Waals surface area contributed by atoms with Crippen molar-refractivity contribution in [3.63, 3.8) is 0 Å². The molecule has 0 radical (unpaired) electrons. The number of nitrogens with one attached hydrogen (secondary N) is 2. The molecule has 1 heterocycles. The molecule has 2 aromatic rings. The second-order valence-corrected chi connectivity index (χ2v) is 4.62. The van der Waals surface area contributed by atoms with E-state index in [4.69, 9.17) is 4.74 Å². The van der Waals surface area contributed by atoms with Gasteiger partial charge in [0.1, 0.15) is 5.75 Å². The van der Waals surface area contributed by atoms with Crippen molar-refractivity contribution in [2.75, 3.05) is 6.61 Å². The topological polar surface area (TPSA) is 92.8 Å². The summed E-state index contributed by atoms with van der Waals surface area (Å²) < 4.78 is 5.45. The standard InChI is InChI=1S/C13H17N5O2/c1-9(2)10-4-3-5-11(6-10)20-8-13(19)14-7-12-15-17-18-16-12/h3-6,9H,7-8H2,1-2H3,(H,14,19)(H,15,16,17,18). The van der Waals surface area contributed by atoms with Gasteiger partial charge in [-0.25, -0.2) is 0 Å². The Kier molecular flexibility index (Phi) is 4.65. The normalized spacial score (nSPS) is 10.6. The van der Waals surface area contributed by atoms with Crippen molar-refractivity contribution in [3.8, 4) is 5.75 Å². The molecule has 2 N–H and O–H groups in total. The minimum atomic E-state index is -0.232.